The Balaban J connectivity index is 2.26. The zero-order chi connectivity index (χ0) is 14.9. The molecule has 0 aromatic carbocycles. The van der Waals surface area contributed by atoms with Crippen LogP contribution < -0.4 is 11.2 Å². The molecule has 2 atom stereocenters. The molecule has 1 aromatic heterocycles. The van der Waals surface area contributed by atoms with Crippen LogP contribution in [0, 0.1) is 5.92 Å². The normalized spacial score (nSPS) is 21.6. The average Bonchev–Trinajstić information content (AvgIpc) is 2.85. The zero-order valence-electron chi connectivity index (χ0n) is 10.6. The molecule has 9 heteroatoms. The number of nitrogens with one attached hydrogen (secondary N) is 2. The van der Waals surface area contributed by atoms with E-state index in [1.165, 1.54) is 7.05 Å². The summed E-state index contributed by atoms with van der Waals surface area (Å²) in [5.74, 6) is -2.54. The molecule has 1 saturated heterocycles. The van der Waals surface area contributed by atoms with Gasteiger partial charge >= 0.3 is 11.7 Å². The highest BCUT2D eigenvalue weighted by molar-refractivity contribution is 5.92. The first-order valence-corrected chi connectivity index (χ1v) is 5.81. The summed E-state index contributed by atoms with van der Waals surface area (Å²) in [5, 5.41) is 9.04. The van der Waals surface area contributed by atoms with Crippen molar-refractivity contribution in [2.45, 2.75) is 6.04 Å². The lowest BCUT2D eigenvalue weighted by Crippen LogP contribution is -2.45. The van der Waals surface area contributed by atoms with Crippen molar-refractivity contribution in [3.8, 4) is 0 Å². The Morgan fingerprint density at radius 3 is 2.65 bits per heavy atom. The first-order chi connectivity index (χ1) is 9.40. The van der Waals surface area contributed by atoms with Gasteiger partial charge in [-0.15, -0.1) is 0 Å². The lowest BCUT2D eigenvalue weighted by molar-refractivity contribution is -0.142. The number of carbonyl (C=O) groups is 2. The maximum Gasteiger partial charge on any atom is 0.326 e. The van der Waals surface area contributed by atoms with E-state index in [1.54, 1.807) is 0 Å². The third-order valence-corrected chi connectivity index (χ3v) is 3.18. The largest absolute Gasteiger partial charge is 0.481 e. The predicted molar refractivity (Wildman–Crippen MR) is 65.5 cm³/mol. The average molecular weight is 283 g/mol. The molecule has 1 aliphatic rings. The smallest absolute Gasteiger partial charge is 0.326 e. The van der Waals surface area contributed by atoms with E-state index in [-0.39, 0.29) is 18.9 Å². The second kappa shape index (κ2) is 5.29. The molecule has 20 heavy (non-hydrogen) atoms. The first kappa shape index (κ1) is 14.0. The number of carboxylic acid groups (broad SMARTS) is 1. The van der Waals surface area contributed by atoms with Crippen molar-refractivity contribution in [1.82, 2.24) is 14.9 Å². The predicted octanol–water partition coefficient (Wildman–Crippen LogP) is -1.77. The molecular formula is C11H13N3O6. The molecule has 0 bridgehead atoms. The van der Waals surface area contributed by atoms with Gasteiger partial charge in [-0.2, -0.15) is 0 Å². The molecule has 0 saturated carbocycles. The number of nitrogens with zero attached hydrogens (tertiary/aromatic N) is 1. The lowest BCUT2D eigenvalue weighted by atomic mass is 10.0. The van der Waals surface area contributed by atoms with Gasteiger partial charge in [0.15, 0.2) is 0 Å². The van der Waals surface area contributed by atoms with Crippen LogP contribution >= 0.6 is 0 Å². The Hall–Kier alpha value is -2.42. The second-order valence-corrected chi connectivity index (χ2v) is 4.47. The van der Waals surface area contributed by atoms with Crippen LogP contribution in [-0.2, 0) is 9.53 Å². The van der Waals surface area contributed by atoms with Crippen LogP contribution in [0.1, 0.15) is 10.5 Å². The fraction of sp³-hybridized carbons (Fsp3) is 0.455. The summed E-state index contributed by atoms with van der Waals surface area (Å²) in [6, 6.07) is 0.300. The highest BCUT2D eigenvalue weighted by atomic mass is 16.5. The zero-order valence-corrected chi connectivity index (χ0v) is 10.6. The number of hydrogen-bond acceptors (Lipinski definition) is 5. The number of aromatic nitrogens is 2. The molecule has 9 nitrogen and oxygen atoms in total. The number of rotatable bonds is 3. The molecule has 3 N–H and O–H groups in total. The van der Waals surface area contributed by atoms with Crippen LogP contribution in [0.3, 0.4) is 0 Å². The molecular weight excluding hydrogens is 270 g/mol. The van der Waals surface area contributed by atoms with Gasteiger partial charge in [-0.1, -0.05) is 0 Å². The molecule has 2 unspecified atom stereocenters. The summed E-state index contributed by atoms with van der Waals surface area (Å²) in [4.78, 5) is 50.8. The van der Waals surface area contributed by atoms with Gasteiger partial charge < -0.3 is 19.7 Å². The van der Waals surface area contributed by atoms with Crippen molar-refractivity contribution in [2.75, 3.05) is 20.3 Å². The molecule has 0 radical (unpaired) electrons. The minimum atomic E-state index is -1.06. The van der Waals surface area contributed by atoms with Crippen molar-refractivity contribution in [2.24, 2.45) is 5.92 Å². The summed E-state index contributed by atoms with van der Waals surface area (Å²) in [5.41, 5.74) is -1.70. The van der Waals surface area contributed by atoms with Gasteiger partial charge in [0.1, 0.15) is 11.6 Å². The van der Waals surface area contributed by atoms with Crippen molar-refractivity contribution in [1.29, 1.82) is 0 Å². The summed E-state index contributed by atoms with van der Waals surface area (Å²) >= 11 is 0. The van der Waals surface area contributed by atoms with Gasteiger partial charge in [-0.05, 0) is 0 Å². The lowest BCUT2D eigenvalue weighted by Gasteiger charge is -2.26. The Labute approximate surface area is 112 Å². The number of carboxylic acids is 1. The summed E-state index contributed by atoms with van der Waals surface area (Å²) < 4.78 is 5.07. The number of carbonyl (C=O) groups excluding carboxylic acids is 1. The van der Waals surface area contributed by atoms with Crippen LogP contribution in [0.15, 0.2) is 15.7 Å². The van der Waals surface area contributed by atoms with Crippen LogP contribution in [0.5, 0.6) is 0 Å². The van der Waals surface area contributed by atoms with E-state index >= 15 is 0 Å². The van der Waals surface area contributed by atoms with Crippen LogP contribution in [0.4, 0.5) is 0 Å². The van der Waals surface area contributed by atoms with E-state index in [2.05, 4.69) is 4.98 Å². The van der Waals surface area contributed by atoms with E-state index in [1.807, 2.05) is 4.98 Å². The number of ether oxygens (including phenoxy) is 1. The van der Waals surface area contributed by atoms with Crippen LogP contribution in [0.25, 0.3) is 0 Å². The third kappa shape index (κ3) is 2.62. The maximum absolute atomic E-state index is 12.2. The fourth-order valence-electron chi connectivity index (χ4n) is 2.09. The standard InChI is InChI=1S/C11H13N3O6/c1-14(7-4-20-3-5(7)10(17)18)9(16)6-2-8(15)13-11(19)12-6/h2,5,7H,3-4H2,1H3,(H,17,18)(H2,12,13,15,19). The Bertz CT molecular complexity index is 620. The first-order valence-electron chi connectivity index (χ1n) is 5.81. The minimum absolute atomic E-state index is 0.0174. The molecule has 2 heterocycles. The van der Waals surface area contributed by atoms with Crippen molar-refractivity contribution >= 4 is 11.9 Å². The maximum atomic E-state index is 12.2. The number of aliphatic carboxylic acids is 1. The third-order valence-electron chi connectivity index (χ3n) is 3.18. The molecule has 0 aliphatic carbocycles. The van der Waals surface area contributed by atoms with Gasteiger partial charge in [-0.25, -0.2) is 4.79 Å². The Morgan fingerprint density at radius 2 is 2.05 bits per heavy atom. The SMILES string of the molecule is CN(C(=O)c1cc(=O)[nH]c(=O)[nH]1)C1COCC1C(=O)O. The quantitative estimate of drug-likeness (QED) is 0.601. The van der Waals surface area contributed by atoms with Gasteiger partial charge in [0.25, 0.3) is 11.5 Å². The molecule has 0 spiro atoms. The summed E-state index contributed by atoms with van der Waals surface area (Å²) in [6.45, 7) is 0.107. The van der Waals surface area contributed by atoms with Crippen molar-refractivity contribution < 1.29 is 19.4 Å². The van der Waals surface area contributed by atoms with Gasteiger partial charge in [0.05, 0.1) is 19.3 Å². The topological polar surface area (TPSA) is 133 Å². The minimum Gasteiger partial charge on any atom is -0.481 e. The van der Waals surface area contributed by atoms with Gasteiger partial charge in [-0.3, -0.25) is 19.4 Å². The number of likely N-dealkylation sites (N-methyl/N-ethyl adjacent to an activating group) is 1. The number of amides is 1. The molecule has 2 rings (SSSR count). The summed E-state index contributed by atoms with van der Waals surface area (Å²) in [6.07, 6.45) is 0. The number of hydrogen-bond donors (Lipinski definition) is 3. The Kier molecular flexibility index (Phi) is 3.70. The van der Waals surface area contributed by atoms with E-state index in [4.69, 9.17) is 9.84 Å². The highest BCUT2D eigenvalue weighted by Crippen LogP contribution is 2.19. The van der Waals surface area contributed by atoms with Gasteiger partial charge in [0, 0.05) is 13.1 Å². The van der Waals surface area contributed by atoms with E-state index in [0.29, 0.717) is 0 Å². The van der Waals surface area contributed by atoms with Crippen molar-refractivity contribution in [3.63, 3.8) is 0 Å². The molecule has 108 valence electrons. The molecule has 1 aromatic rings. The second-order valence-electron chi connectivity index (χ2n) is 4.47. The Morgan fingerprint density at radius 1 is 1.35 bits per heavy atom. The monoisotopic (exact) mass is 283 g/mol. The summed E-state index contributed by atoms with van der Waals surface area (Å²) in [7, 11) is 1.40. The highest BCUT2D eigenvalue weighted by Gasteiger charge is 2.38. The van der Waals surface area contributed by atoms with Crippen LogP contribution in [-0.4, -0.2) is 58.2 Å². The molecule has 1 aliphatic heterocycles. The van der Waals surface area contributed by atoms with Crippen LogP contribution in [0.2, 0.25) is 0 Å². The van der Waals surface area contributed by atoms with E-state index < -0.39 is 35.1 Å². The number of H-pyrrole nitrogens is 2. The number of aromatic amines is 2. The fourth-order valence-corrected chi connectivity index (χ4v) is 2.09. The van der Waals surface area contributed by atoms with Gasteiger partial charge in [0.2, 0.25) is 0 Å². The van der Waals surface area contributed by atoms with E-state index in [9.17, 15) is 19.2 Å². The van der Waals surface area contributed by atoms with E-state index in [0.717, 1.165) is 11.0 Å². The van der Waals surface area contributed by atoms with Crippen molar-refractivity contribution in [3.05, 3.63) is 32.6 Å². The molecule has 1 amide bonds. The molecule has 1 fully saturated rings.